The molecule has 2 rings (SSSR count). The molecule has 0 fully saturated rings. The highest BCUT2D eigenvalue weighted by molar-refractivity contribution is 9.12. The average molecular weight is 437 g/mol. The van der Waals surface area contributed by atoms with Crippen LogP contribution in [0.2, 0.25) is 0 Å². The van der Waals surface area contributed by atoms with E-state index in [0.717, 1.165) is 18.7 Å². The fraction of sp³-hybridized carbons (Fsp3) is 0.286. The van der Waals surface area contributed by atoms with Gasteiger partial charge in [0, 0.05) is 12.1 Å². The van der Waals surface area contributed by atoms with Crippen molar-refractivity contribution < 1.29 is 14.2 Å². The van der Waals surface area contributed by atoms with Crippen molar-refractivity contribution in [2.24, 2.45) is 5.73 Å². The Bertz CT molecular complexity index is 620. The van der Waals surface area contributed by atoms with Gasteiger partial charge in [-0.25, -0.2) is 0 Å². The highest BCUT2D eigenvalue weighted by atomic mass is 79.9. The predicted octanol–water partition coefficient (Wildman–Crippen LogP) is 4.35. The maximum Gasteiger partial charge on any atom is 0.131 e. The molecule has 1 heterocycles. The Morgan fingerprint density at radius 1 is 1.00 bits per heavy atom. The van der Waals surface area contributed by atoms with Crippen molar-refractivity contribution in [3.05, 3.63) is 36.9 Å². The molecule has 4 nitrogen and oxygen atoms in total. The van der Waals surface area contributed by atoms with Gasteiger partial charge in [-0.2, -0.15) is 0 Å². The van der Waals surface area contributed by atoms with E-state index in [1.165, 1.54) is 0 Å². The number of hydrogen-bond donors (Lipinski definition) is 1. The summed E-state index contributed by atoms with van der Waals surface area (Å²) in [5.41, 5.74) is 8.18. The van der Waals surface area contributed by atoms with Gasteiger partial charge in [-0.1, -0.05) is 0 Å². The molecule has 1 aromatic carbocycles. The smallest absolute Gasteiger partial charge is 0.131 e. The van der Waals surface area contributed by atoms with Gasteiger partial charge in [0.25, 0.3) is 0 Å². The minimum Gasteiger partial charge on any atom is -0.496 e. The van der Waals surface area contributed by atoms with Crippen molar-refractivity contribution >= 4 is 43.2 Å². The van der Waals surface area contributed by atoms with Gasteiger partial charge >= 0.3 is 0 Å². The van der Waals surface area contributed by atoms with Crippen LogP contribution in [0.15, 0.2) is 25.8 Å². The molecule has 0 aliphatic rings. The molecule has 2 aromatic rings. The highest BCUT2D eigenvalue weighted by Crippen LogP contribution is 2.43. The molecule has 114 valence electrons. The number of methoxy groups -OCH3 is 3. The molecule has 0 radical (unpaired) electrons. The molecular formula is C14H15Br2NO3S. The second-order valence-electron chi connectivity index (χ2n) is 4.20. The zero-order valence-electron chi connectivity index (χ0n) is 11.8. The van der Waals surface area contributed by atoms with Gasteiger partial charge in [0.1, 0.15) is 17.2 Å². The summed E-state index contributed by atoms with van der Waals surface area (Å²) in [5, 5.41) is 0. The lowest BCUT2D eigenvalue weighted by molar-refractivity contribution is 0.366. The summed E-state index contributed by atoms with van der Waals surface area (Å²) < 4.78 is 18.1. The molecule has 0 aliphatic heterocycles. The first-order valence-corrected chi connectivity index (χ1v) is 8.42. The lowest BCUT2D eigenvalue weighted by Crippen LogP contribution is -2.14. The summed E-state index contributed by atoms with van der Waals surface area (Å²) in [5.74, 6) is 1.92. The molecule has 0 saturated carbocycles. The van der Waals surface area contributed by atoms with Gasteiger partial charge in [-0.3, -0.25) is 0 Å². The first kappa shape index (κ1) is 16.6. The van der Waals surface area contributed by atoms with E-state index in [9.17, 15) is 0 Å². The van der Waals surface area contributed by atoms with Crippen LogP contribution in [0.3, 0.4) is 0 Å². The zero-order valence-corrected chi connectivity index (χ0v) is 15.8. The Morgan fingerprint density at radius 2 is 1.57 bits per heavy atom. The van der Waals surface area contributed by atoms with E-state index >= 15 is 0 Å². The van der Waals surface area contributed by atoms with Crippen LogP contribution in [0.25, 0.3) is 0 Å². The molecule has 2 N–H and O–H groups in total. The normalized spacial score (nSPS) is 12.1. The number of ether oxygens (including phenoxy) is 3. The second kappa shape index (κ2) is 7.00. The highest BCUT2D eigenvalue weighted by Gasteiger charge is 2.24. The van der Waals surface area contributed by atoms with Crippen LogP contribution in [0, 0.1) is 0 Å². The van der Waals surface area contributed by atoms with Gasteiger partial charge in [0.15, 0.2) is 0 Å². The van der Waals surface area contributed by atoms with E-state index in [1.807, 2.05) is 6.07 Å². The van der Waals surface area contributed by atoms with Crippen LogP contribution in [0.5, 0.6) is 17.2 Å². The second-order valence-corrected chi connectivity index (χ2v) is 7.95. The average Bonchev–Trinajstić information content (AvgIpc) is 2.83. The third-order valence-electron chi connectivity index (χ3n) is 3.08. The largest absolute Gasteiger partial charge is 0.496 e. The number of halogens is 2. The first-order chi connectivity index (χ1) is 10.0. The molecule has 0 bridgehead atoms. The van der Waals surface area contributed by atoms with Gasteiger partial charge in [-0.15, -0.1) is 11.3 Å². The lowest BCUT2D eigenvalue weighted by Gasteiger charge is -2.20. The molecule has 1 aromatic heterocycles. The summed E-state index contributed by atoms with van der Waals surface area (Å²) in [6.07, 6.45) is 0. The van der Waals surface area contributed by atoms with E-state index in [4.69, 9.17) is 19.9 Å². The van der Waals surface area contributed by atoms with Gasteiger partial charge < -0.3 is 19.9 Å². The fourth-order valence-electron chi connectivity index (χ4n) is 2.06. The molecule has 1 unspecified atom stereocenters. The summed E-state index contributed by atoms with van der Waals surface area (Å²) >= 11 is 8.58. The minimum atomic E-state index is -0.377. The van der Waals surface area contributed by atoms with Crippen LogP contribution in [-0.2, 0) is 0 Å². The minimum absolute atomic E-state index is 0.377. The van der Waals surface area contributed by atoms with Crippen molar-refractivity contribution in [1.29, 1.82) is 0 Å². The molecular weight excluding hydrogens is 422 g/mol. The number of nitrogens with two attached hydrogens (primary N) is 1. The van der Waals surface area contributed by atoms with Crippen LogP contribution >= 0.6 is 43.2 Å². The Kier molecular flexibility index (Phi) is 5.54. The van der Waals surface area contributed by atoms with Crippen LogP contribution in [-0.4, -0.2) is 21.3 Å². The van der Waals surface area contributed by atoms with E-state index < -0.39 is 0 Å². The maximum absolute atomic E-state index is 6.43. The standard InChI is InChI=1S/C14H15Br2NO3S/c1-18-7-4-9(19-2)12(10(5-7)20-3)13(17)8-6-11(15)21-14(8)16/h4-6,13H,17H2,1-3H3. The Balaban J connectivity index is 2.58. The molecule has 7 heteroatoms. The van der Waals surface area contributed by atoms with E-state index in [0.29, 0.717) is 17.2 Å². The quantitative estimate of drug-likeness (QED) is 0.756. The molecule has 0 amide bonds. The van der Waals surface area contributed by atoms with Gasteiger partial charge in [0.2, 0.25) is 0 Å². The number of thiophene rings is 1. The molecule has 0 aliphatic carbocycles. The fourth-order valence-corrected chi connectivity index (χ4v) is 4.99. The first-order valence-electron chi connectivity index (χ1n) is 6.02. The third kappa shape index (κ3) is 3.36. The van der Waals surface area contributed by atoms with E-state index in [1.54, 1.807) is 44.8 Å². The molecule has 1 atom stereocenters. The van der Waals surface area contributed by atoms with Crippen LogP contribution < -0.4 is 19.9 Å². The predicted molar refractivity (Wildman–Crippen MR) is 91.8 cm³/mol. The molecule has 0 spiro atoms. The van der Waals surface area contributed by atoms with Crippen LogP contribution in [0.4, 0.5) is 0 Å². The number of benzene rings is 1. The van der Waals surface area contributed by atoms with Gasteiger partial charge in [0.05, 0.1) is 40.5 Å². The summed E-state index contributed by atoms with van der Waals surface area (Å²) in [7, 11) is 4.80. The Morgan fingerprint density at radius 3 is 1.95 bits per heavy atom. The van der Waals surface area contributed by atoms with Crippen molar-refractivity contribution in [2.45, 2.75) is 6.04 Å². The van der Waals surface area contributed by atoms with Crippen molar-refractivity contribution in [2.75, 3.05) is 21.3 Å². The number of rotatable bonds is 5. The third-order valence-corrected chi connectivity index (χ3v) is 5.47. The SMILES string of the molecule is COc1cc(OC)c(C(N)c2cc(Br)sc2Br)c(OC)c1. The van der Waals surface area contributed by atoms with Crippen molar-refractivity contribution in [3.8, 4) is 17.2 Å². The van der Waals surface area contributed by atoms with E-state index in [2.05, 4.69) is 31.9 Å². The van der Waals surface area contributed by atoms with Crippen molar-refractivity contribution in [1.82, 2.24) is 0 Å². The van der Waals surface area contributed by atoms with Crippen molar-refractivity contribution in [3.63, 3.8) is 0 Å². The number of hydrogen-bond acceptors (Lipinski definition) is 5. The van der Waals surface area contributed by atoms with Gasteiger partial charge in [-0.05, 0) is 43.5 Å². The van der Waals surface area contributed by atoms with E-state index in [-0.39, 0.29) is 6.04 Å². The van der Waals surface area contributed by atoms with Crippen LogP contribution in [0.1, 0.15) is 17.2 Å². The lowest BCUT2D eigenvalue weighted by atomic mass is 9.99. The Labute approximate surface area is 144 Å². The topological polar surface area (TPSA) is 53.7 Å². The molecule has 21 heavy (non-hydrogen) atoms. The Hall–Kier alpha value is -0.760. The maximum atomic E-state index is 6.43. The summed E-state index contributed by atoms with van der Waals surface area (Å²) in [6, 6.07) is 5.21. The molecule has 0 saturated heterocycles. The zero-order chi connectivity index (χ0) is 15.6. The summed E-state index contributed by atoms with van der Waals surface area (Å²) in [4.78, 5) is 0. The summed E-state index contributed by atoms with van der Waals surface area (Å²) in [6.45, 7) is 0. The monoisotopic (exact) mass is 435 g/mol.